The van der Waals surface area contributed by atoms with Crippen LogP contribution in [0, 0.1) is 10.1 Å². The van der Waals surface area contributed by atoms with Crippen LogP contribution in [0.4, 0.5) is 11.4 Å². The number of amides is 1. The molecular weight excluding hydrogens is 240 g/mol. The van der Waals surface area contributed by atoms with Crippen molar-refractivity contribution in [2.75, 3.05) is 5.32 Å². The summed E-state index contributed by atoms with van der Waals surface area (Å²) in [7, 11) is 0. The fraction of sp³-hybridized carbons (Fsp3) is 0.273. The highest BCUT2D eigenvalue weighted by Gasteiger charge is 2.13. The first-order chi connectivity index (χ1) is 8.58. The number of nitro groups is 1. The van der Waals surface area contributed by atoms with Gasteiger partial charge in [0.2, 0.25) is 6.41 Å². The van der Waals surface area contributed by atoms with Gasteiger partial charge in [-0.1, -0.05) is 6.92 Å². The van der Waals surface area contributed by atoms with Crippen LogP contribution in [0.2, 0.25) is 0 Å². The Morgan fingerprint density at radius 1 is 1.56 bits per heavy atom. The number of hydrogen-bond donors (Lipinski definition) is 1. The van der Waals surface area contributed by atoms with E-state index in [0.29, 0.717) is 12.8 Å². The molecule has 0 fully saturated rings. The number of carbonyl (C=O) groups excluding carboxylic acids is 2. The van der Waals surface area contributed by atoms with E-state index in [1.165, 1.54) is 12.1 Å². The first-order valence-corrected chi connectivity index (χ1v) is 5.27. The zero-order valence-corrected chi connectivity index (χ0v) is 9.71. The summed E-state index contributed by atoms with van der Waals surface area (Å²) in [5.74, 6) is -0.369. The van der Waals surface area contributed by atoms with Crippen molar-refractivity contribution in [2.45, 2.75) is 19.8 Å². The Bertz CT molecular complexity index is 473. The molecule has 1 aromatic rings. The highest BCUT2D eigenvalue weighted by molar-refractivity contribution is 5.80. The third kappa shape index (κ3) is 3.55. The third-order valence-electron chi connectivity index (χ3n) is 2.07. The Kier molecular flexibility index (Phi) is 4.79. The molecule has 0 aliphatic carbocycles. The van der Waals surface area contributed by atoms with Gasteiger partial charge in [-0.25, -0.2) is 0 Å². The zero-order chi connectivity index (χ0) is 13.5. The number of carbonyl (C=O) groups is 2. The van der Waals surface area contributed by atoms with Crippen LogP contribution < -0.4 is 10.1 Å². The largest absolute Gasteiger partial charge is 0.424 e. The standard InChI is InChI=1S/C11H12N2O5/c1-2-3-11(15)18-10-5-4-8(13(16)17)6-9(10)12-7-14/h4-7H,2-3H2,1H3,(H,12,14). The lowest BCUT2D eigenvalue weighted by Gasteiger charge is -2.08. The van der Waals surface area contributed by atoms with Crippen LogP contribution in [0.25, 0.3) is 0 Å². The van der Waals surface area contributed by atoms with Crippen LogP contribution in [-0.4, -0.2) is 17.3 Å². The van der Waals surface area contributed by atoms with Gasteiger partial charge in [-0.05, 0) is 12.5 Å². The molecule has 0 radical (unpaired) electrons. The molecule has 7 heteroatoms. The molecule has 0 heterocycles. The van der Waals surface area contributed by atoms with E-state index in [9.17, 15) is 19.7 Å². The van der Waals surface area contributed by atoms with E-state index < -0.39 is 10.9 Å². The molecule has 0 aliphatic rings. The molecule has 0 bridgehead atoms. The third-order valence-corrected chi connectivity index (χ3v) is 2.07. The second-order valence-electron chi connectivity index (χ2n) is 3.42. The summed E-state index contributed by atoms with van der Waals surface area (Å²) < 4.78 is 4.99. The summed E-state index contributed by atoms with van der Waals surface area (Å²) in [5, 5.41) is 12.8. The molecule has 0 atom stereocenters. The van der Waals surface area contributed by atoms with Gasteiger partial charge >= 0.3 is 5.97 Å². The Labute approximate surface area is 103 Å². The lowest BCUT2D eigenvalue weighted by molar-refractivity contribution is -0.384. The smallest absolute Gasteiger partial charge is 0.311 e. The summed E-state index contributed by atoms with van der Waals surface area (Å²) in [6.45, 7) is 1.82. The molecule has 1 rings (SSSR count). The predicted octanol–water partition coefficient (Wildman–Crippen LogP) is 1.87. The van der Waals surface area contributed by atoms with Gasteiger partial charge in [0.25, 0.3) is 5.69 Å². The lowest BCUT2D eigenvalue weighted by atomic mass is 10.2. The highest BCUT2D eigenvalue weighted by atomic mass is 16.6. The maximum absolute atomic E-state index is 11.3. The Balaban J connectivity index is 2.99. The number of benzene rings is 1. The maximum Gasteiger partial charge on any atom is 0.311 e. The molecule has 0 saturated heterocycles. The Morgan fingerprint density at radius 2 is 2.28 bits per heavy atom. The molecule has 0 unspecified atom stereocenters. The van der Waals surface area contributed by atoms with E-state index in [-0.39, 0.29) is 23.5 Å². The van der Waals surface area contributed by atoms with Crippen molar-refractivity contribution in [3.8, 4) is 5.75 Å². The van der Waals surface area contributed by atoms with Gasteiger partial charge in [-0.15, -0.1) is 0 Å². The second-order valence-corrected chi connectivity index (χ2v) is 3.42. The topological polar surface area (TPSA) is 98.5 Å². The van der Waals surface area contributed by atoms with Crippen LogP contribution in [0.1, 0.15) is 19.8 Å². The van der Waals surface area contributed by atoms with Crippen LogP contribution >= 0.6 is 0 Å². The van der Waals surface area contributed by atoms with Crippen LogP contribution in [0.3, 0.4) is 0 Å². The molecule has 18 heavy (non-hydrogen) atoms. The van der Waals surface area contributed by atoms with Crippen molar-refractivity contribution in [1.29, 1.82) is 0 Å². The van der Waals surface area contributed by atoms with E-state index in [1.807, 2.05) is 6.92 Å². The summed E-state index contributed by atoms with van der Waals surface area (Å²) in [5.41, 5.74) is -0.113. The molecule has 7 nitrogen and oxygen atoms in total. The summed E-state index contributed by atoms with van der Waals surface area (Å²) in [4.78, 5) is 31.7. The number of rotatable bonds is 6. The minimum atomic E-state index is -0.604. The average Bonchev–Trinajstić information content (AvgIpc) is 2.31. The van der Waals surface area contributed by atoms with Gasteiger partial charge in [0.15, 0.2) is 5.75 Å². The maximum atomic E-state index is 11.3. The molecule has 0 spiro atoms. The van der Waals surface area contributed by atoms with E-state index >= 15 is 0 Å². The quantitative estimate of drug-likeness (QED) is 0.274. The molecule has 0 aliphatic heterocycles. The van der Waals surface area contributed by atoms with Crippen molar-refractivity contribution < 1.29 is 19.2 Å². The van der Waals surface area contributed by atoms with Gasteiger partial charge in [-0.3, -0.25) is 19.7 Å². The van der Waals surface area contributed by atoms with Gasteiger partial charge in [0.1, 0.15) is 0 Å². The number of anilines is 1. The fourth-order valence-electron chi connectivity index (χ4n) is 1.27. The number of nitrogens with one attached hydrogen (secondary N) is 1. The molecule has 1 amide bonds. The van der Waals surface area contributed by atoms with Crippen LogP contribution in [-0.2, 0) is 9.59 Å². The number of nitrogens with zero attached hydrogens (tertiary/aromatic N) is 1. The predicted molar refractivity (Wildman–Crippen MR) is 63.3 cm³/mol. The SMILES string of the molecule is CCCC(=O)Oc1ccc([N+](=O)[O-])cc1NC=O. The van der Waals surface area contributed by atoms with Gasteiger partial charge in [-0.2, -0.15) is 0 Å². The molecule has 0 aromatic heterocycles. The molecule has 0 saturated carbocycles. The van der Waals surface area contributed by atoms with E-state index in [2.05, 4.69) is 5.32 Å². The number of non-ortho nitro benzene ring substituents is 1. The normalized spacial score (nSPS) is 9.61. The Hall–Kier alpha value is -2.44. The van der Waals surface area contributed by atoms with Gasteiger partial charge in [0.05, 0.1) is 10.6 Å². The summed E-state index contributed by atoms with van der Waals surface area (Å²) in [6.07, 6.45) is 1.22. The highest BCUT2D eigenvalue weighted by Crippen LogP contribution is 2.29. The molecule has 1 N–H and O–H groups in total. The van der Waals surface area contributed by atoms with E-state index in [0.717, 1.165) is 6.07 Å². The minimum absolute atomic E-state index is 0.0867. The number of esters is 1. The molecule has 1 aromatic carbocycles. The minimum Gasteiger partial charge on any atom is -0.424 e. The summed E-state index contributed by atoms with van der Waals surface area (Å²) >= 11 is 0. The zero-order valence-electron chi connectivity index (χ0n) is 9.71. The van der Waals surface area contributed by atoms with Gasteiger partial charge in [0, 0.05) is 18.6 Å². The van der Waals surface area contributed by atoms with E-state index in [1.54, 1.807) is 0 Å². The first-order valence-electron chi connectivity index (χ1n) is 5.27. The average molecular weight is 252 g/mol. The molecular formula is C11H12N2O5. The monoisotopic (exact) mass is 252 g/mol. The molecule has 96 valence electrons. The van der Waals surface area contributed by atoms with Crippen molar-refractivity contribution in [3.63, 3.8) is 0 Å². The van der Waals surface area contributed by atoms with Crippen LogP contribution in [0.5, 0.6) is 5.75 Å². The second kappa shape index (κ2) is 6.33. The summed E-state index contributed by atoms with van der Waals surface area (Å²) in [6, 6.07) is 3.60. The first kappa shape index (κ1) is 13.6. The lowest BCUT2D eigenvalue weighted by Crippen LogP contribution is -2.09. The van der Waals surface area contributed by atoms with Crippen molar-refractivity contribution in [2.24, 2.45) is 0 Å². The number of ether oxygens (including phenoxy) is 1. The van der Waals surface area contributed by atoms with Crippen molar-refractivity contribution >= 4 is 23.8 Å². The van der Waals surface area contributed by atoms with Crippen molar-refractivity contribution in [3.05, 3.63) is 28.3 Å². The van der Waals surface area contributed by atoms with E-state index in [4.69, 9.17) is 4.74 Å². The Morgan fingerprint density at radius 3 is 2.83 bits per heavy atom. The fourth-order valence-corrected chi connectivity index (χ4v) is 1.27. The number of hydrogen-bond acceptors (Lipinski definition) is 5. The van der Waals surface area contributed by atoms with Gasteiger partial charge < -0.3 is 10.1 Å². The number of nitro benzene ring substituents is 1. The van der Waals surface area contributed by atoms with Crippen LogP contribution in [0.15, 0.2) is 18.2 Å². The van der Waals surface area contributed by atoms with Crippen molar-refractivity contribution in [1.82, 2.24) is 0 Å².